The van der Waals surface area contributed by atoms with Crippen LogP contribution in [-0.4, -0.2) is 24.7 Å². The fourth-order valence-corrected chi connectivity index (χ4v) is 3.94. The van der Waals surface area contributed by atoms with Crippen LogP contribution in [0.4, 0.5) is 4.39 Å². The topological polar surface area (TPSA) is 71.4 Å². The largest absolute Gasteiger partial charge is 0.480 e. The van der Waals surface area contributed by atoms with Crippen molar-refractivity contribution in [3.05, 3.63) is 34.6 Å². The summed E-state index contributed by atoms with van der Waals surface area (Å²) >= 11 is 5.57. The van der Waals surface area contributed by atoms with Crippen LogP contribution in [0.15, 0.2) is 18.2 Å². The van der Waals surface area contributed by atoms with Gasteiger partial charge in [-0.3, -0.25) is 4.79 Å². The average Bonchev–Trinajstić information content (AvgIpc) is 2.20. The third-order valence-electron chi connectivity index (χ3n) is 2.61. The number of benzene rings is 1. The van der Waals surface area contributed by atoms with Crippen molar-refractivity contribution in [1.29, 1.82) is 0 Å². The molecule has 0 spiro atoms. The van der Waals surface area contributed by atoms with E-state index in [4.69, 9.17) is 16.7 Å². The van der Waals surface area contributed by atoms with E-state index in [0.29, 0.717) is 0 Å². The molecule has 0 radical (unpaired) electrons. The maximum atomic E-state index is 13.6. The Labute approximate surface area is 116 Å². The van der Waals surface area contributed by atoms with E-state index in [2.05, 4.69) is 0 Å². The molecule has 1 atom stereocenters. The molecule has 0 aliphatic carbocycles. The lowest BCUT2D eigenvalue weighted by molar-refractivity contribution is -0.137. The molecular formula is C12H14ClFO4S. The van der Waals surface area contributed by atoms with Gasteiger partial charge in [0.2, 0.25) is 0 Å². The van der Waals surface area contributed by atoms with Crippen LogP contribution >= 0.6 is 11.6 Å². The van der Waals surface area contributed by atoms with Gasteiger partial charge in [-0.15, -0.1) is 0 Å². The molecule has 1 aromatic carbocycles. The minimum atomic E-state index is -3.99. The molecule has 0 saturated heterocycles. The summed E-state index contributed by atoms with van der Waals surface area (Å²) in [7, 11) is -3.99. The van der Waals surface area contributed by atoms with Crippen LogP contribution in [0.1, 0.15) is 19.4 Å². The minimum absolute atomic E-state index is 0.0868. The summed E-state index contributed by atoms with van der Waals surface area (Å²) in [5, 5.41) is 7.57. The molecule has 1 rings (SSSR count). The minimum Gasteiger partial charge on any atom is -0.480 e. The van der Waals surface area contributed by atoms with E-state index in [9.17, 15) is 17.6 Å². The van der Waals surface area contributed by atoms with Crippen LogP contribution in [0, 0.1) is 11.7 Å². The van der Waals surface area contributed by atoms with Gasteiger partial charge in [0.25, 0.3) is 0 Å². The third-order valence-corrected chi connectivity index (χ3v) is 5.08. The van der Waals surface area contributed by atoms with Crippen LogP contribution in [0.3, 0.4) is 0 Å². The van der Waals surface area contributed by atoms with Gasteiger partial charge in [-0.05, 0) is 18.1 Å². The van der Waals surface area contributed by atoms with Crippen molar-refractivity contribution >= 4 is 27.4 Å². The second-order valence-corrected chi connectivity index (χ2v) is 7.10. The molecule has 7 heteroatoms. The SMILES string of the molecule is CC(C)C(C(=O)O)S(=O)(=O)Cc1ccc(Cl)cc1F. The zero-order valence-corrected chi connectivity index (χ0v) is 12.0. The van der Waals surface area contributed by atoms with Crippen LogP contribution in [0.5, 0.6) is 0 Å². The van der Waals surface area contributed by atoms with Crippen LogP contribution in [0.25, 0.3) is 0 Å². The number of carboxylic acids is 1. The molecular weight excluding hydrogens is 295 g/mol. The lowest BCUT2D eigenvalue weighted by Crippen LogP contribution is -2.35. The van der Waals surface area contributed by atoms with Crippen molar-refractivity contribution in [2.24, 2.45) is 5.92 Å². The van der Waals surface area contributed by atoms with Gasteiger partial charge >= 0.3 is 5.97 Å². The molecule has 1 unspecified atom stereocenters. The predicted molar refractivity (Wildman–Crippen MR) is 70.3 cm³/mol. The first-order valence-electron chi connectivity index (χ1n) is 5.53. The second kappa shape index (κ2) is 5.88. The number of hydrogen-bond acceptors (Lipinski definition) is 3. The second-order valence-electron chi connectivity index (χ2n) is 4.55. The number of sulfone groups is 1. The van der Waals surface area contributed by atoms with E-state index in [1.54, 1.807) is 0 Å². The maximum absolute atomic E-state index is 13.6. The van der Waals surface area contributed by atoms with Crippen LogP contribution < -0.4 is 0 Å². The molecule has 0 aliphatic heterocycles. The summed E-state index contributed by atoms with van der Waals surface area (Å²) in [6.45, 7) is 2.99. The van der Waals surface area contributed by atoms with Gasteiger partial charge < -0.3 is 5.11 Å². The first-order valence-corrected chi connectivity index (χ1v) is 7.63. The molecule has 0 aromatic heterocycles. The van der Waals surface area contributed by atoms with E-state index < -0.39 is 38.5 Å². The fraction of sp³-hybridized carbons (Fsp3) is 0.417. The third kappa shape index (κ3) is 3.91. The van der Waals surface area contributed by atoms with Gasteiger partial charge in [0, 0.05) is 10.6 Å². The molecule has 0 aliphatic rings. The van der Waals surface area contributed by atoms with Crippen LogP contribution in [0.2, 0.25) is 5.02 Å². The van der Waals surface area contributed by atoms with Crippen molar-refractivity contribution in [3.8, 4) is 0 Å². The first-order chi connectivity index (χ1) is 8.65. The summed E-state index contributed by atoms with van der Waals surface area (Å²) in [6.07, 6.45) is 0. The number of rotatable bonds is 5. The number of carbonyl (C=O) groups is 1. The normalized spacial score (nSPS) is 13.5. The van der Waals surface area contributed by atoms with E-state index in [1.807, 2.05) is 0 Å². The van der Waals surface area contributed by atoms with Crippen molar-refractivity contribution < 1.29 is 22.7 Å². The molecule has 1 aromatic rings. The van der Waals surface area contributed by atoms with Crippen molar-refractivity contribution in [3.63, 3.8) is 0 Å². The molecule has 19 heavy (non-hydrogen) atoms. The van der Waals surface area contributed by atoms with Gasteiger partial charge in [-0.2, -0.15) is 0 Å². The highest BCUT2D eigenvalue weighted by molar-refractivity contribution is 7.92. The Balaban J connectivity index is 3.11. The molecule has 106 valence electrons. The van der Waals surface area contributed by atoms with Gasteiger partial charge in [-0.1, -0.05) is 31.5 Å². The molecule has 0 fully saturated rings. The van der Waals surface area contributed by atoms with Crippen molar-refractivity contribution in [2.45, 2.75) is 24.9 Å². The van der Waals surface area contributed by atoms with Crippen molar-refractivity contribution in [2.75, 3.05) is 0 Å². The Morgan fingerprint density at radius 2 is 2.00 bits per heavy atom. The molecule has 0 amide bonds. The highest BCUT2D eigenvalue weighted by Gasteiger charge is 2.35. The quantitative estimate of drug-likeness (QED) is 0.907. The maximum Gasteiger partial charge on any atom is 0.322 e. The monoisotopic (exact) mass is 308 g/mol. The van der Waals surface area contributed by atoms with Gasteiger partial charge in [0.05, 0.1) is 5.75 Å². The molecule has 1 N–H and O–H groups in total. The van der Waals surface area contributed by atoms with Gasteiger partial charge in [0.15, 0.2) is 15.1 Å². The highest BCUT2D eigenvalue weighted by Crippen LogP contribution is 2.21. The molecule has 0 saturated carbocycles. The Kier molecular flexibility index (Phi) is 4.92. The Hall–Kier alpha value is -1.14. The first kappa shape index (κ1) is 15.9. The fourth-order valence-electron chi connectivity index (χ4n) is 1.80. The van der Waals surface area contributed by atoms with Gasteiger partial charge in [0.1, 0.15) is 5.82 Å². The zero-order valence-electron chi connectivity index (χ0n) is 10.4. The standard InChI is InChI=1S/C12H14ClFO4S/c1-7(2)11(12(15)16)19(17,18)6-8-3-4-9(13)5-10(8)14/h3-5,7,11H,6H2,1-2H3,(H,15,16). The number of hydrogen-bond donors (Lipinski definition) is 1. The number of carboxylic acid groups (broad SMARTS) is 1. The zero-order chi connectivity index (χ0) is 14.8. The van der Waals surface area contributed by atoms with Gasteiger partial charge in [-0.25, -0.2) is 12.8 Å². The molecule has 0 heterocycles. The summed E-state index contributed by atoms with van der Waals surface area (Å²) in [4.78, 5) is 11.0. The number of halogens is 2. The number of aliphatic carboxylic acids is 1. The summed E-state index contributed by atoms with van der Waals surface area (Å²) in [5.41, 5.74) is -0.0868. The lowest BCUT2D eigenvalue weighted by atomic mass is 10.1. The Bertz CT molecular complexity index is 583. The highest BCUT2D eigenvalue weighted by atomic mass is 35.5. The van der Waals surface area contributed by atoms with E-state index in [0.717, 1.165) is 6.07 Å². The Morgan fingerprint density at radius 3 is 2.42 bits per heavy atom. The lowest BCUT2D eigenvalue weighted by Gasteiger charge is -2.17. The molecule has 4 nitrogen and oxygen atoms in total. The van der Waals surface area contributed by atoms with E-state index in [1.165, 1.54) is 26.0 Å². The smallest absolute Gasteiger partial charge is 0.322 e. The summed E-state index contributed by atoms with van der Waals surface area (Å²) < 4.78 is 37.6. The predicted octanol–water partition coefficient (Wildman–Crippen LogP) is 2.50. The Morgan fingerprint density at radius 1 is 1.42 bits per heavy atom. The van der Waals surface area contributed by atoms with Crippen molar-refractivity contribution in [1.82, 2.24) is 0 Å². The molecule has 0 bridgehead atoms. The summed E-state index contributed by atoms with van der Waals surface area (Å²) in [5.74, 6) is -3.45. The van der Waals surface area contributed by atoms with E-state index >= 15 is 0 Å². The summed E-state index contributed by atoms with van der Waals surface area (Å²) in [6, 6.07) is 3.60. The average molecular weight is 309 g/mol. The van der Waals surface area contributed by atoms with Crippen LogP contribution in [-0.2, 0) is 20.4 Å². The van der Waals surface area contributed by atoms with E-state index in [-0.39, 0.29) is 10.6 Å².